The van der Waals surface area contributed by atoms with Gasteiger partial charge in [0.15, 0.2) is 5.96 Å². The Morgan fingerprint density at radius 2 is 1.86 bits per heavy atom. The standard InChI is InChI=1S/C16H19N3O2/c17-16(18)19-10-15(20)13-7-4-8-14(9-13)21-11-12-5-2-1-3-6-12/h1-9,15,20H,10-11H2,(H4,17,18,19). The monoisotopic (exact) mass is 285 g/mol. The molecule has 5 heteroatoms. The zero-order chi connectivity index (χ0) is 15.1. The maximum atomic E-state index is 10.0. The number of guanidine groups is 1. The van der Waals surface area contributed by atoms with Gasteiger partial charge in [0.1, 0.15) is 12.4 Å². The Bertz CT molecular complexity index is 595. The zero-order valence-electron chi connectivity index (χ0n) is 11.6. The highest BCUT2D eigenvalue weighted by atomic mass is 16.5. The van der Waals surface area contributed by atoms with Crippen LogP contribution in [0.25, 0.3) is 0 Å². The molecule has 5 N–H and O–H groups in total. The van der Waals surface area contributed by atoms with E-state index >= 15 is 0 Å². The summed E-state index contributed by atoms with van der Waals surface area (Å²) >= 11 is 0. The fraction of sp³-hybridized carbons (Fsp3) is 0.188. The number of aliphatic imine (C=N–C) groups is 1. The highest BCUT2D eigenvalue weighted by Crippen LogP contribution is 2.20. The number of hydrogen-bond acceptors (Lipinski definition) is 3. The summed E-state index contributed by atoms with van der Waals surface area (Å²) in [5, 5.41) is 10.0. The lowest BCUT2D eigenvalue weighted by Gasteiger charge is -2.11. The Hall–Kier alpha value is -2.53. The molecule has 0 radical (unpaired) electrons. The molecule has 0 saturated carbocycles. The van der Waals surface area contributed by atoms with E-state index in [0.717, 1.165) is 5.56 Å². The first kappa shape index (κ1) is 14.9. The molecule has 2 rings (SSSR count). The third-order valence-corrected chi connectivity index (χ3v) is 2.94. The van der Waals surface area contributed by atoms with Crippen molar-refractivity contribution < 1.29 is 9.84 Å². The number of nitrogens with zero attached hydrogens (tertiary/aromatic N) is 1. The summed E-state index contributed by atoms with van der Waals surface area (Å²) < 4.78 is 5.71. The average molecular weight is 285 g/mol. The van der Waals surface area contributed by atoms with Gasteiger partial charge in [-0.05, 0) is 23.3 Å². The maximum absolute atomic E-state index is 10.0. The second kappa shape index (κ2) is 7.31. The van der Waals surface area contributed by atoms with Crippen molar-refractivity contribution >= 4 is 5.96 Å². The molecule has 0 fully saturated rings. The van der Waals surface area contributed by atoms with Crippen molar-refractivity contribution in [3.63, 3.8) is 0 Å². The van der Waals surface area contributed by atoms with Gasteiger partial charge in [-0.3, -0.25) is 4.99 Å². The summed E-state index contributed by atoms with van der Waals surface area (Å²) in [5.41, 5.74) is 12.3. The molecular formula is C16H19N3O2. The minimum Gasteiger partial charge on any atom is -0.489 e. The Morgan fingerprint density at radius 3 is 2.57 bits per heavy atom. The molecule has 21 heavy (non-hydrogen) atoms. The van der Waals surface area contributed by atoms with Gasteiger partial charge in [-0.2, -0.15) is 0 Å². The number of hydrogen-bond donors (Lipinski definition) is 3. The minimum absolute atomic E-state index is 0.0365. The van der Waals surface area contributed by atoms with Crippen LogP contribution in [0.4, 0.5) is 0 Å². The van der Waals surface area contributed by atoms with E-state index in [1.807, 2.05) is 48.5 Å². The fourth-order valence-electron chi connectivity index (χ4n) is 1.85. The summed E-state index contributed by atoms with van der Waals surface area (Å²) in [6.45, 7) is 0.610. The van der Waals surface area contributed by atoms with Crippen LogP contribution in [0.1, 0.15) is 17.2 Å². The topological polar surface area (TPSA) is 93.9 Å². The van der Waals surface area contributed by atoms with E-state index < -0.39 is 6.10 Å². The van der Waals surface area contributed by atoms with Gasteiger partial charge in [-0.25, -0.2) is 0 Å². The van der Waals surface area contributed by atoms with Crippen molar-refractivity contribution in [1.82, 2.24) is 0 Å². The second-order valence-corrected chi connectivity index (χ2v) is 4.63. The molecule has 5 nitrogen and oxygen atoms in total. The van der Waals surface area contributed by atoms with Crippen LogP contribution in [-0.4, -0.2) is 17.6 Å². The Morgan fingerprint density at radius 1 is 1.10 bits per heavy atom. The highest BCUT2D eigenvalue weighted by molar-refractivity contribution is 5.75. The van der Waals surface area contributed by atoms with E-state index in [1.54, 1.807) is 6.07 Å². The van der Waals surface area contributed by atoms with Crippen LogP contribution in [0, 0.1) is 0 Å². The molecule has 1 atom stereocenters. The summed E-state index contributed by atoms with van der Waals surface area (Å²) in [6.07, 6.45) is -0.757. The molecule has 0 bridgehead atoms. The Kier molecular flexibility index (Phi) is 5.17. The first-order valence-corrected chi connectivity index (χ1v) is 6.65. The van der Waals surface area contributed by atoms with Crippen LogP contribution in [0.3, 0.4) is 0 Å². The largest absolute Gasteiger partial charge is 0.489 e. The maximum Gasteiger partial charge on any atom is 0.186 e. The second-order valence-electron chi connectivity index (χ2n) is 4.63. The number of aliphatic hydroxyl groups excluding tert-OH is 1. The number of benzene rings is 2. The lowest BCUT2D eigenvalue weighted by atomic mass is 10.1. The normalized spacial score (nSPS) is 11.7. The van der Waals surface area contributed by atoms with Gasteiger partial charge in [-0.15, -0.1) is 0 Å². The van der Waals surface area contributed by atoms with Gasteiger partial charge in [0.25, 0.3) is 0 Å². The van der Waals surface area contributed by atoms with Crippen molar-refractivity contribution in [2.24, 2.45) is 16.5 Å². The summed E-state index contributed by atoms with van der Waals surface area (Å²) in [4.78, 5) is 3.81. The molecule has 0 saturated heterocycles. The van der Waals surface area contributed by atoms with Crippen molar-refractivity contribution in [3.05, 3.63) is 65.7 Å². The third-order valence-electron chi connectivity index (χ3n) is 2.94. The minimum atomic E-state index is -0.757. The smallest absolute Gasteiger partial charge is 0.186 e. The van der Waals surface area contributed by atoms with E-state index in [4.69, 9.17) is 16.2 Å². The lowest BCUT2D eigenvalue weighted by Crippen LogP contribution is -2.23. The van der Waals surface area contributed by atoms with Gasteiger partial charge < -0.3 is 21.3 Å². The highest BCUT2D eigenvalue weighted by Gasteiger charge is 2.08. The number of aliphatic hydroxyl groups is 1. The third kappa shape index (κ3) is 4.81. The van der Waals surface area contributed by atoms with Crippen LogP contribution in [0.5, 0.6) is 5.75 Å². The molecular weight excluding hydrogens is 266 g/mol. The zero-order valence-corrected chi connectivity index (χ0v) is 11.6. The van der Waals surface area contributed by atoms with Crippen molar-refractivity contribution in [1.29, 1.82) is 0 Å². The van der Waals surface area contributed by atoms with Crippen LogP contribution in [-0.2, 0) is 6.61 Å². The molecule has 2 aromatic carbocycles. The van der Waals surface area contributed by atoms with Crippen molar-refractivity contribution in [2.45, 2.75) is 12.7 Å². The fourth-order valence-corrected chi connectivity index (χ4v) is 1.85. The molecule has 0 amide bonds. The van der Waals surface area contributed by atoms with E-state index in [0.29, 0.717) is 17.9 Å². The quantitative estimate of drug-likeness (QED) is 0.554. The summed E-state index contributed by atoms with van der Waals surface area (Å²) in [6, 6.07) is 17.2. The van der Waals surface area contributed by atoms with E-state index in [1.165, 1.54) is 0 Å². The van der Waals surface area contributed by atoms with Crippen LogP contribution in [0.2, 0.25) is 0 Å². The number of ether oxygens (including phenoxy) is 1. The molecule has 0 aromatic heterocycles. The predicted octanol–water partition coefficient (Wildman–Crippen LogP) is 1.57. The SMILES string of the molecule is NC(N)=NCC(O)c1cccc(OCc2ccccc2)c1. The molecule has 0 heterocycles. The van der Waals surface area contributed by atoms with Crippen molar-refractivity contribution in [2.75, 3.05) is 6.54 Å². The first-order valence-electron chi connectivity index (χ1n) is 6.65. The lowest BCUT2D eigenvalue weighted by molar-refractivity contribution is 0.186. The molecule has 0 aliphatic carbocycles. The molecule has 2 aromatic rings. The summed E-state index contributed by atoms with van der Waals surface area (Å²) in [7, 11) is 0. The molecule has 110 valence electrons. The van der Waals surface area contributed by atoms with E-state index in [-0.39, 0.29) is 12.5 Å². The first-order chi connectivity index (χ1) is 10.1. The molecule has 0 aliphatic heterocycles. The predicted molar refractivity (Wildman–Crippen MR) is 82.9 cm³/mol. The van der Waals surface area contributed by atoms with Gasteiger partial charge in [0, 0.05) is 0 Å². The van der Waals surface area contributed by atoms with Crippen LogP contribution in [0.15, 0.2) is 59.6 Å². The van der Waals surface area contributed by atoms with Crippen LogP contribution >= 0.6 is 0 Å². The van der Waals surface area contributed by atoms with Gasteiger partial charge in [0.2, 0.25) is 0 Å². The number of rotatable bonds is 6. The van der Waals surface area contributed by atoms with E-state index in [2.05, 4.69) is 4.99 Å². The van der Waals surface area contributed by atoms with Crippen LogP contribution < -0.4 is 16.2 Å². The molecule has 1 unspecified atom stereocenters. The van der Waals surface area contributed by atoms with Gasteiger partial charge in [-0.1, -0.05) is 42.5 Å². The van der Waals surface area contributed by atoms with E-state index in [9.17, 15) is 5.11 Å². The van der Waals surface area contributed by atoms with Crippen molar-refractivity contribution in [3.8, 4) is 5.75 Å². The molecule has 0 aliphatic rings. The number of nitrogens with two attached hydrogens (primary N) is 2. The van der Waals surface area contributed by atoms with Gasteiger partial charge >= 0.3 is 0 Å². The molecule has 0 spiro atoms. The Labute approximate surface area is 123 Å². The average Bonchev–Trinajstić information content (AvgIpc) is 2.52. The summed E-state index contributed by atoms with van der Waals surface area (Å²) in [5.74, 6) is 0.658. The van der Waals surface area contributed by atoms with Gasteiger partial charge in [0.05, 0.1) is 12.6 Å². The Balaban J connectivity index is 1.99.